The first-order valence-corrected chi connectivity index (χ1v) is 6.37. The van der Waals surface area contributed by atoms with Crippen LogP contribution in [0.4, 0.5) is 0 Å². The molecular weight excluding hydrogens is 236 g/mol. The second-order valence-corrected chi connectivity index (χ2v) is 4.66. The maximum absolute atomic E-state index is 12.2. The zero-order valence-electron chi connectivity index (χ0n) is 10.4. The van der Waals surface area contributed by atoms with Crippen LogP contribution in [0.2, 0.25) is 0 Å². The van der Waals surface area contributed by atoms with Crippen molar-refractivity contribution in [2.45, 2.75) is 18.3 Å². The lowest BCUT2D eigenvalue weighted by atomic mass is 9.78. The molecule has 3 heteroatoms. The van der Waals surface area contributed by atoms with Crippen LogP contribution in [0.1, 0.15) is 29.4 Å². The first-order valence-electron chi connectivity index (χ1n) is 6.37. The van der Waals surface area contributed by atoms with Crippen LogP contribution in [0.5, 0.6) is 0 Å². The maximum Gasteiger partial charge on any atom is 0.253 e. The molecule has 1 aliphatic rings. The molecule has 0 aliphatic carbocycles. The van der Waals surface area contributed by atoms with E-state index in [1.807, 2.05) is 42.5 Å². The largest absolute Gasteiger partial charge is 0.272 e. The van der Waals surface area contributed by atoms with Crippen molar-refractivity contribution < 1.29 is 4.79 Å². The van der Waals surface area contributed by atoms with Crippen LogP contribution >= 0.6 is 0 Å². The molecule has 94 valence electrons. The van der Waals surface area contributed by atoms with Crippen LogP contribution in [-0.2, 0) is 4.79 Å². The van der Waals surface area contributed by atoms with Gasteiger partial charge in [0.05, 0.1) is 5.92 Å². The van der Waals surface area contributed by atoms with Gasteiger partial charge in [-0.05, 0) is 29.7 Å². The van der Waals surface area contributed by atoms with E-state index in [-0.39, 0.29) is 17.7 Å². The summed E-state index contributed by atoms with van der Waals surface area (Å²) in [5.74, 6) is -0.0942. The molecule has 1 aromatic heterocycles. The predicted octanol–water partition coefficient (Wildman–Crippen LogP) is 2.95. The van der Waals surface area contributed by atoms with E-state index in [1.165, 1.54) is 0 Å². The zero-order chi connectivity index (χ0) is 13.1. The lowest BCUT2D eigenvalue weighted by Gasteiger charge is -2.27. The van der Waals surface area contributed by atoms with E-state index >= 15 is 0 Å². The van der Waals surface area contributed by atoms with E-state index in [9.17, 15) is 4.79 Å². The van der Waals surface area contributed by atoms with Crippen molar-refractivity contribution in [3.63, 3.8) is 0 Å². The molecule has 2 aromatic rings. The molecule has 2 atom stereocenters. The lowest BCUT2D eigenvalue weighted by molar-refractivity contribution is -0.120. The molecule has 0 radical (unpaired) electrons. The van der Waals surface area contributed by atoms with Crippen LogP contribution in [-0.4, -0.2) is 17.1 Å². The quantitative estimate of drug-likeness (QED) is 0.822. The highest BCUT2D eigenvalue weighted by Crippen LogP contribution is 2.37. The molecule has 2 heterocycles. The molecule has 1 amide bonds. The topological polar surface area (TPSA) is 42.3 Å². The number of carbonyl (C=O) groups excluding carboxylic acids is 1. The summed E-state index contributed by atoms with van der Waals surface area (Å²) in [6.45, 7) is 0. The Hall–Kier alpha value is -2.29. The third kappa shape index (κ3) is 2.32. The van der Waals surface area contributed by atoms with Gasteiger partial charge in [0.2, 0.25) is 0 Å². The molecule has 3 rings (SSSR count). The molecule has 0 saturated heterocycles. The summed E-state index contributed by atoms with van der Waals surface area (Å²) in [6.07, 6.45) is 6.06. The van der Waals surface area contributed by atoms with Crippen molar-refractivity contribution in [3.05, 3.63) is 66.0 Å². The standard InChI is InChI=1S/C16H14N2O/c19-16-15(13-4-2-1-3-5-13)14(8-11-18-16)12-6-9-17-10-7-12/h1-7,9-11,14-15H,8H2. The van der Waals surface area contributed by atoms with Gasteiger partial charge < -0.3 is 0 Å². The van der Waals surface area contributed by atoms with Crippen LogP contribution in [0, 0.1) is 0 Å². The van der Waals surface area contributed by atoms with Crippen molar-refractivity contribution in [3.8, 4) is 0 Å². The van der Waals surface area contributed by atoms with E-state index in [4.69, 9.17) is 0 Å². The number of aliphatic imine (C=N–C) groups is 1. The van der Waals surface area contributed by atoms with Crippen molar-refractivity contribution in [2.75, 3.05) is 0 Å². The minimum Gasteiger partial charge on any atom is -0.272 e. The van der Waals surface area contributed by atoms with Gasteiger partial charge in [0.15, 0.2) is 0 Å². The smallest absolute Gasteiger partial charge is 0.253 e. The minimum atomic E-state index is -0.186. The number of nitrogens with zero attached hydrogens (tertiary/aromatic N) is 2. The van der Waals surface area contributed by atoms with Gasteiger partial charge >= 0.3 is 0 Å². The van der Waals surface area contributed by atoms with Gasteiger partial charge in [-0.15, -0.1) is 0 Å². The van der Waals surface area contributed by atoms with Gasteiger partial charge in [-0.2, -0.15) is 0 Å². The Morgan fingerprint density at radius 1 is 0.947 bits per heavy atom. The van der Waals surface area contributed by atoms with Crippen LogP contribution in [0.25, 0.3) is 0 Å². The summed E-state index contributed by atoms with van der Waals surface area (Å²) in [4.78, 5) is 20.2. The third-order valence-electron chi connectivity index (χ3n) is 3.54. The van der Waals surface area contributed by atoms with E-state index in [2.05, 4.69) is 9.98 Å². The van der Waals surface area contributed by atoms with Gasteiger partial charge in [0.25, 0.3) is 5.91 Å². The number of carbonyl (C=O) groups is 1. The van der Waals surface area contributed by atoms with E-state index in [0.717, 1.165) is 17.5 Å². The Morgan fingerprint density at radius 2 is 1.68 bits per heavy atom. The number of hydrogen-bond donors (Lipinski definition) is 0. The monoisotopic (exact) mass is 250 g/mol. The molecular formula is C16H14N2O. The van der Waals surface area contributed by atoms with Crippen molar-refractivity contribution in [1.29, 1.82) is 0 Å². The Morgan fingerprint density at radius 3 is 2.42 bits per heavy atom. The first-order chi connectivity index (χ1) is 9.36. The van der Waals surface area contributed by atoms with Crippen LogP contribution in [0.3, 0.4) is 0 Å². The van der Waals surface area contributed by atoms with E-state index < -0.39 is 0 Å². The van der Waals surface area contributed by atoms with Crippen molar-refractivity contribution >= 4 is 12.1 Å². The van der Waals surface area contributed by atoms with E-state index in [0.29, 0.717) is 0 Å². The fourth-order valence-corrected chi connectivity index (χ4v) is 2.62. The Bertz CT molecular complexity index is 593. The second kappa shape index (κ2) is 5.14. The maximum atomic E-state index is 12.2. The highest BCUT2D eigenvalue weighted by Gasteiger charge is 2.32. The van der Waals surface area contributed by atoms with E-state index in [1.54, 1.807) is 18.6 Å². The first kappa shape index (κ1) is 11.8. The molecule has 3 nitrogen and oxygen atoms in total. The Balaban J connectivity index is 2.03. The number of amides is 1. The van der Waals surface area contributed by atoms with Gasteiger partial charge in [-0.3, -0.25) is 9.78 Å². The lowest BCUT2D eigenvalue weighted by Crippen LogP contribution is -2.23. The number of rotatable bonds is 2. The SMILES string of the molecule is O=C1N=CCC(c2ccncc2)C1c1ccccc1. The minimum absolute atomic E-state index is 0.0562. The Labute approximate surface area is 112 Å². The van der Waals surface area contributed by atoms with Gasteiger partial charge in [-0.1, -0.05) is 30.3 Å². The summed E-state index contributed by atoms with van der Waals surface area (Å²) >= 11 is 0. The molecule has 0 saturated carbocycles. The molecule has 1 aliphatic heterocycles. The molecule has 0 spiro atoms. The highest BCUT2D eigenvalue weighted by atomic mass is 16.1. The van der Waals surface area contributed by atoms with Gasteiger partial charge in [-0.25, -0.2) is 4.99 Å². The summed E-state index contributed by atoms with van der Waals surface area (Å²) < 4.78 is 0. The molecule has 0 N–H and O–H groups in total. The molecule has 0 fully saturated rings. The molecule has 1 aromatic carbocycles. The third-order valence-corrected chi connectivity index (χ3v) is 3.54. The average Bonchev–Trinajstić information content (AvgIpc) is 2.49. The molecule has 19 heavy (non-hydrogen) atoms. The number of aromatic nitrogens is 1. The van der Waals surface area contributed by atoms with Gasteiger partial charge in [0.1, 0.15) is 0 Å². The number of benzene rings is 1. The zero-order valence-corrected chi connectivity index (χ0v) is 10.4. The fourth-order valence-electron chi connectivity index (χ4n) is 2.62. The Kier molecular flexibility index (Phi) is 3.19. The van der Waals surface area contributed by atoms with Crippen molar-refractivity contribution in [1.82, 2.24) is 4.98 Å². The molecule has 2 unspecified atom stereocenters. The summed E-state index contributed by atoms with van der Waals surface area (Å²) in [5.41, 5.74) is 2.18. The predicted molar refractivity (Wildman–Crippen MR) is 74.3 cm³/mol. The molecule has 0 bridgehead atoms. The fraction of sp³-hybridized carbons (Fsp3) is 0.188. The summed E-state index contributed by atoms with van der Waals surface area (Å²) in [7, 11) is 0. The summed E-state index contributed by atoms with van der Waals surface area (Å²) in [6, 6.07) is 13.8. The number of pyridine rings is 1. The van der Waals surface area contributed by atoms with Crippen molar-refractivity contribution in [2.24, 2.45) is 4.99 Å². The van der Waals surface area contributed by atoms with Crippen LogP contribution in [0.15, 0.2) is 59.9 Å². The highest BCUT2D eigenvalue weighted by molar-refractivity contribution is 5.94. The average molecular weight is 250 g/mol. The number of hydrogen-bond acceptors (Lipinski definition) is 2. The summed E-state index contributed by atoms with van der Waals surface area (Å²) in [5, 5.41) is 0. The van der Waals surface area contributed by atoms with Gasteiger partial charge in [0, 0.05) is 24.5 Å². The van der Waals surface area contributed by atoms with Crippen LogP contribution < -0.4 is 0 Å². The normalized spacial score (nSPS) is 22.4. The second-order valence-electron chi connectivity index (χ2n) is 4.66.